The van der Waals surface area contributed by atoms with E-state index in [-0.39, 0.29) is 12.0 Å². The molecule has 3 nitrogen and oxygen atoms in total. The van der Waals surface area contributed by atoms with Gasteiger partial charge in [0, 0.05) is 11.1 Å². The SMILES string of the molecule is COC(=O)CC#Cc1cc(F)c(CO)c(F)c1. The highest BCUT2D eigenvalue weighted by atomic mass is 19.1. The summed E-state index contributed by atoms with van der Waals surface area (Å²) in [4.78, 5) is 10.7. The lowest BCUT2D eigenvalue weighted by molar-refractivity contribution is -0.139. The Kier molecular flexibility index (Phi) is 4.61. The zero-order valence-corrected chi connectivity index (χ0v) is 9.09. The molecule has 0 amide bonds. The fourth-order valence-electron chi connectivity index (χ4n) is 1.12. The number of carbonyl (C=O) groups is 1. The Labute approximate surface area is 97.0 Å². The third kappa shape index (κ3) is 3.54. The minimum Gasteiger partial charge on any atom is -0.468 e. The quantitative estimate of drug-likeness (QED) is 0.627. The van der Waals surface area contributed by atoms with Gasteiger partial charge in [-0.1, -0.05) is 11.8 Å². The topological polar surface area (TPSA) is 46.5 Å². The Balaban J connectivity index is 2.90. The molecule has 0 saturated heterocycles. The molecule has 0 bridgehead atoms. The number of rotatable bonds is 2. The molecular weight excluding hydrogens is 230 g/mol. The zero-order valence-electron chi connectivity index (χ0n) is 9.09. The highest BCUT2D eigenvalue weighted by molar-refractivity contribution is 5.72. The van der Waals surface area contributed by atoms with Crippen LogP contribution >= 0.6 is 0 Å². The zero-order chi connectivity index (χ0) is 12.8. The number of hydrogen-bond acceptors (Lipinski definition) is 3. The fraction of sp³-hybridized carbons (Fsp3) is 0.250. The van der Waals surface area contributed by atoms with Crippen molar-refractivity contribution in [2.24, 2.45) is 0 Å². The van der Waals surface area contributed by atoms with Crippen LogP contribution in [0.3, 0.4) is 0 Å². The first-order valence-corrected chi connectivity index (χ1v) is 4.73. The molecule has 0 fully saturated rings. The van der Waals surface area contributed by atoms with Gasteiger partial charge in [-0.3, -0.25) is 4.79 Å². The van der Waals surface area contributed by atoms with Crippen molar-refractivity contribution >= 4 is 5.97 Å². The standard InChI is InChI=1S/C12H10F2O3/c1-17-12(16)4-2-3-8-5-10(13)9(7-15)11(14)6-8/h5-6,15H,4,7H2,1H3. The molecule has 17 heavy (non-hydrogen) atoms. The van der Waals surface area contributed by atoms with Crippen LogP contribution in [0.5, 0.6) is 0 Å². The van der Waals surface area contributed by atoms with Gasteiger partial charge >= 0.3 is 5.97 Å². The van der Waals surface area contributed by atoms with Crippen LogP contribution in [0.1, 0.15) is 17.5 Å². The maximum Gasteiger partial charge on any atom is 0.317 e. The number of carbonyl (C=O) groups excluding carboxylic acids is 1. The Bertz CT molecular complexity index is 463. The molecule has 0 spiro atoms. The molecule has 1 aromatic carbocycles. The van der Waals surface area contributed by atoms with E-state index in [1.54, 1.807) is 0 Å². The molecule has 0 saturated carbocycles. The van der Waals surface area contributed by atoms with E-state index in [2.05, 4.69) is 16.6 Å². The van der Waals surface area contributed by atoms with E-state index < -0.39 is 29.8 Å². The summed E-state index contributed by atoms with van der Waals surface area (Å²) in [6.07, 6.45) is -0.151. The van der Waals surface area contributed by atoms with E-state index in [4.69, 9.17) is 5.11 Å². The summed E-state index contributed by atoms with van der Waals surface area (Å²) < 4.78 is 30.8. The maximum atomic E-state index is 13.2. The highest BCUT2D eigenvalue weighted by Crippen LogP contribution is 2.14. The molecule has 0 aliphatic rings. The number of ether oxygens (including phenoxy) is 1. The fourth-order valence-corrected chi connectivity index (χ4v) is 1.12. The Morgan fingerprint density at radius 2 is 2.00 bits per heavy atom. The van der Waals surface area contributed by atoms with Crippen molar-refractivity contribution < 1.29 is 23.4 Å². The van der Waals surface area contributed by atoms with E-state index >= 15 is 0 Å². The molecule has 90 valence electrons. The molecule has 1 N–H and O–H groups in total. The second-order valence-corrected chi connectivity index (χ2v) is 3.13. The van der Waals surface area contributed by atoms with E-state index in [0.29, 0.717) is 0 Å². The first-order valence-electron chi connectivity index (χ1n) is 4.73. The Morgan fingerprint density at radius 3 is 2.47 bits per heavy atom. The normalized spacial score (nSPS) is 9.41. The van der Waals surface area contributed by atoms with Gasteiger partial charge in [0.15, 0.2) is 0 Å². The third-order valence-electron chi connectivity index (χ3n) is 1.99. The summed E-state index contributed by atoms with van der Waals surface area (Å²) in [5.74, 6) is 2.60. The van der Waals surface area contributed by atoms with Crippen molar-refractivity contribution in [3.63, 3.8) is 0 Å². The van der Waals surface area contributed by atoms with Crippen LogP contribution < -0.4 is 0 Å². The van der Waals surface area contributed by atoms with Crippen LogP contribution in [0, 0.1) is 23.5 Å². The molecule has 5 heteroatoms. The van der Waals surface area contributed by atoms with Gasteiger partial charge in [-0.25, -0.2) is 8.78 Å². The predicted octanol–water partition coefficient (Wildman–Crippen LogP) is 1.37. The van der Waals surface area contributed by atoms with Crippen molar-refractivity contribution in [2.75, 3.05) is 7.11 Å². The minimum absolute atomic E-state index is 0.0982. The molecule has 1 rings (SSSR count). The first-order chi connectivity index (χ1) is 8.08. The van der Waals surface area contributed by atoms with Crippen LogP contribution in [-0.4, -0.2) is 18.2 Å². The molecular formula is C12H10F2O3. The lowest BCUT2D eigenvalue weighted by Crippen LogP contribution is -1.98. The Morgan fingerprint density at radius 1 is 1.41 bits per heavy atom. The third-order valence-corrected chi connectivity index (χ3v) is 1.99. The van der Waals surface area contributed by atoms with E-state index in [1.807, 2.05) is 0 Å². The van der Waals surface area contributed by atoms with Crippen LogP contribution in [0.15, 0.2) is 12.1 Å². The van der Waals surface area contributed by atoms with Crippen molar-refractivity contribution in [1.29, 1.82) is 0 Å². The Hall–Kier alpha value is -1.93. The minimum atomic E-state index is -0.866. The van der Waals surface area contributed by atoms with Crippen molar-refractivity contribution in [3.05, 3.63) is 34.9 Å². The van der Waals surface area contributed by atoms with Gasteiger partial charge < -0.3 is 9.84 Å². The number of halogens is 2. The van der Waals surface area contributed by atoms with Gasteiger partial charge in [0.1, 0.15) is 18.1 Å². The lowest BCUT2D eigenvalue weighted by Gasteiger charge is -2.01. The van der Waals surface area contributed by atoms with E-state index in [0.717, 1.165) is 12.1 Å². The summed E-state index contributed by atoms with van der Waals surface area (Å²) in [6.45, 7) is -0.715. The number of hydrogen-bond donors (Lipinski definition) is 1. The molecule has 0 unspecified atom stereocenters. The largest absolute Gasteiger partial charge is 0.468 e. The second-order valence-electron chi connectivity index (χ2n) is 3.13. The van der Waals surface area contributed by atoms with Crippen LogP contribution in [0.2, 0.25) is 0 Å². The molecule has 1 aromatic rings. The number of esters is 1. The van der Waals surface area contributed by atoms with E-state index in [9.17, 15) is 13.6 Å². The van der Waals surface area contributed by atoms with Crippen LogP contribution in [-0.2, 0) is 16.1 Å². The monoisotopic (exact) mass is 240 g/mol. The van der Waals surface area contributed by atoms with Crippen molar-refractivity contribution in [1.82, 2.24) is 0 Å². The van der Waals surface area contributed by atoms with Crippen molar-refractivity contribution in [2.45, 2.75) is 13.0 Å². The van der Waals surface area contributed by atoms with Gasteiger partial charge in [-0.15, -0.1) is 0 Å². The van der Waals surface area contributed by atoms with Gasteiger partial charge in [0.25, 0.3) is 0 Å². The van der Waals surface area contributed by atoms with Crippen LogP contribution in [0.4, 0.5) is 8.78 Å². The number of benzene rings is 1. The molecule has 0 aliphatic carbocycles. The molecule has 0 aromatic heterocycles. The summed E-state index contributed by atoms with van der Waals surface area (Å²) in [5.41, 5.74) is -0.301. The molecule has 0 heterocycles. The molecule has 0 radical (unpaired) electrons. The lowest BCUT2D eigenvalue weighted by atomic mass is 10.1. The number of methoxy groups -OCH3 is 1. The van der Waals surface area contributed by atoms with Crippen LogP contribution in [0.25, 0.3) is 0 Å². The van der Waals surface area contributed by atoms with Crippen molar-refractivity contribution in [3.8, 4) is 11.8 Å². The average Bonchev–Trinajstić information content (AvgIpc) is 2.28. The molecule has 0 aliphatic heterocycles. The first kappa shape index (κ1) is 13.1. The summed E-state index contributed by atoms with van der Waals surface area (Å²) >= 11 is 0. The van der Waals surface area contributed by atoms with Gasteiger partial charge in [-0.2, -0.15) is 0 Å². The summed E-state index contributed by atoms with van der Waals surface area (Å²) in [7, 11) is 1.22. The predicted molar refractivity (Wildman–Crippen MR) is 55.8 cm³/mol. The smallest absolute Gasteiger partial charge is 0.317 e. The van der Waals surface area contributed by atoms with Gasteiger partial charge in [0.2, 0.25) is 0 Å². The second kappa shape index (κ2) is 5.97. The number of aliphatic hydroxyl groups excluding tert-OH is 1. The number of aliphatic hydroxyl groups is 1. The van der Waals surface area contributed by atoms with Gasteiger partial charge in [-0.05, 0) is 12.1 Å². The van der Waals surface area contributed by atoms with Gasteiger partial charge in [0.05, 0.1) is 13.7 Å². The maximum absolute atomic E-state index is 13.2. The summed E-state index contributed by atoms with van der Waals surface area (Å²) in [6, 6.07) is 2.00. The molecule has 0 atom stereocenters. The average molecular weight is 240 g/mol. The highest BCUT2D eigenvalue weighted by Gasteiger charge is 2.08. The van der Waals surface area contributed by atoms with E-state index in [1.165, 1.54) is 7.11 Å². The summed E-state index contributed by atoms with van der Waals surface area (Å²) in [5, 5.41) is 8.69.